The zero-order valence-corrected chi connectivity index (χ0v) is 43.6. The highest BCUT2D eigenvalue weighted by Gasteiger charge is 2.21. The molecule has 0 spiro atoms. The Bertz CT molecular complexity index is 1700. The van der Waals surface area contributed by atoms with Gasteiger partial charge in [0.25, 0.3) is 7.82 Å². The third kappa shape index (κ3) is 51.0. The van der Waals surface area contributed by atoms with E-state index in [4.69, 9.17) is 18.5 Å². The van der Waals surface area contributed by atoms with Gasteiger partial charge < -0.3 is 27.9 Å². The van der Waals surface area contributed by atoms with E-state index in [1.807, 2.05) is 33.3 Å². The molecule has 0 amide bonds. The van der Waals surface area contributed by atoms with Gasteiger partial charge in [0.05, 0.1) is 34.2 Å². The first-order valence-electron chi connectivity index (χ1n) is 25.2. The van der Waals surface area contributed by atoms with Gasteiger partial charge in [0, 0.05) is 6.42 Å². The van der Waals surface area contributed by atoms with Crippen LogP contribution in [-0.2, 0) is 32.7 Å². The number of unbranched alkanes of at least 4 members (excludes halogenated alkanes) is 4. The van der Waals surface area contributed by atoms with E-state index >= 15 is 0 Å². The number of esters is 2. The van der Waals surface area contributed by atoms with Crippen LogP contribution in [-0.4, -0.2) is 70.0 Å². The number of hydrogen-bond donors (Lipinski definition) is 0. The van der Waals surface area contributed by atoms with Crippen molar-refractivity contribution in [1.29, 1.82) is 0 Å². The first-order valence-corrected chi connectivity index (χ1v) is 26.7. The van der Waals surface area contributed by atoms with Gasteiger partial charge in [0.1, 0.15) is 19.8 Å². The molecule has 0 N–H and O–H groups in total. The van der Waals surface area contributed by atoms with E-state index in [1.54, 1.807) is 6.08 Å². The van der Waals surface area contributed by atoms with Gasteiger partial charge >= 0.3 is 11.9 Å². The Morgan fingerprint density at radius 3 is 1.24 bits per heavy atom. The Hall–Kier alpha value is -4.37. The van der Waals surface area contributed by atoms with Gasteiger partial charge in [0.2, 0.25) is 0 Å². The van der Waals surface area contributed by atoms with E-state index in [0.29, 0.717) is 23.9 Å². The lowest BCUT2D eigenvalue weighted by molar-refractivity contribution is -0.870. The van der Waals surface area contributed by atoms with Crippen LogP contribution >= 0.6 is 7.82 Å². The molecule has 0 rings (SSSR count). The summed E-state index contributed by atoms with van der Waals surface area (Å²) in [6, 6.07) is 0. The maximum absolute atomic E-state index is 12.7. The summed E-state index contributed by atoms with van der Waals surface area (Å²) in [5.74, 6) is -1.03. The molecule has 0 aromatic heterocycles. The predicted molar refractivity (Wildman–Crippen MR) is 286 cm³/mol. The van der Waals surface area contributed by atoms with Crippen molar-refractivity contribution < 1.29 is 42.1 Å². The van der Waals surface area contributed by atoms with Crippen molar-refractivity contribution in [2.24, 2.45) is 0 Å². The number of phosphoric ester groups is 1. The molecule has 0 saturated heterocycles. The van der Waals surface area contributed by atoms with Crippen LogP contribution in [0.2, 0.25) is 0 Å². The Kier molecular flexibility index (Phi) is 44.6. The number of ether oxygens (including phenoxy) is 2. The summed E-state index contributed by atoms with van der Waals surface area (Å²) in [7, 11) is 1.07. The highest BCUT2D eigenvalue weighted by molar-refractivity contribution is 7.45. The molecule has 0 aromatic carbocycles. The summed E-state index contributed by atoms with van der Waals surface area (Å²) >= 11 is 0. The molecule has 0 aliphatic rings. The molecule has 0 aromatic rings. The number of phosphoric acid groups is 1. The van der Waals surface area contributed by atoms with Crippen molar-refractivity contribution in [2.45, 2.75) is 148 Å². The largest absolute Gasteiger partial charge is 0.756 e. The SMILES string of the molecule is CC/C=C\C/C=C\C/C=C\C/C=C\C/C=C\C/C=C\C/C=C\C/C=C\CCCCCCC(=O)OC(COC(=O)C/C=C\C/C=C\C/C=C\C/C=C\C/C=C\CC)COP(=O)([O-])OCC[N+](C)(C)C. The number of nitrogens with zero attached hydrogens (tertiary/aromatic N) is 1. The first kappa shape index (κ1) is 63.6. The van der Waals surface area contributed by atoms with E-state index in [2.05, 4.69) is 154 Å². The number of hydrogen-bond acceptors (Lipinski definition) is 8. The van der Waals surface area contributed by atoms with Gasteiger partial charge in [-0.25, -0.2) is 0 Å². The molecule has 2 unspecified atom stereocenters. The summed E-state index contributed by atoms with van der Waals surface area (Å²) in [6.07, 6.45) is 71.7. The molecule has 0 fully saturated rings. The zero-order chi connectivity index (χ0) is 49.9. The van der Waals surface area contributed by atoms with Crippen LogP contribution in [0.1, 0.15) is 142 Å². The van der Waals surface area contributed by atoms with Crippen LogP contribution in [0.5, 0.6) is 0 Å². The van der Waals surface area contributed by atoms with Crippen LogP contribution < -0.4 is 4.89 Å². The summed E-state index contributed by atoms with van der Waals surface area (Å²) in [6.45, 7) is 3.81. The third-order valence-corrected chi connectivity index (χ3v) is 10.5. The van der Waals surface area contributed by atoms with Gasteiger partial charge in [-0.3, -0.25) is 14.2 Å². The molecule has 0 heterocycles. The highest BCUT2D eigenvalue weighted by atomic mass is 31.2. The quantitative estimate of drug-likeness (QED) is 0.0195. The van der Waals surface area contributed by atoms with Gasteiger partial charge in [-0.2, -0.15) is 0 Å². The summed E-state index contributed by atoms with van der Waals surface area (Å²) in [5, 5.41) is 0. The number of likely N-dealkylation sites (N-methyl/N-ethyl adjacent to an activating group) is 1. The molecule has 0 bridgehead atoms. The number of carbonyl (C=O) groups excluding carboxylic acids is 2. The molecule has 380 valence electrons. The van der Waals surface area contributed by atoms with E-state index in [-0.39, 0.29) is 26.1 Å². The lowest BCUT2D eigenvalue weighted by Crippen LogP contribution is -2.37. The van der Waals surface area contributed by atoms with Crippen molar-refractivity contribution in [3.63, 3.8) is 0 Å². The molecule has 0 saturated carbocycles. The second-order valence-corrected chi connectivity index (χ2v) is 18.5. The summed E-state index contributed by atoms with van der Waals surface area (Å²) in [5.41, 5.74) is 0. The van der Waals surface area contributed by atoms with Crippen molar-refractivity contribution in [3.8, 4) is 0 Å². The minimum Gasteiger partial charge on any atom is -0.756 e. The Morgan fingerprint density at radius 2 is 0.838 bits per heavy atom. The molecule has 9 nitrogen and oxygen atoms in total. The van der Waals surface area contributed by atoms with E-state index < -0.39 is 32.5 Å². The standard InChI is InChI=1S/C58H90NO8P/c1-6-8-10-12-14-16-18-20-22-23-24-25-26-27-28-29-30-31-32-33-34-35-37-39-41-43-45-47-49-51-58(61)67-56(55-66-68(62,63)65-53-52-59(3,4)5)54-64-57(60)50-48-46-44-42-40-38-36-21-19-17-15-13-11-9-7-2/h8-11,14-17,20-22,24-25,27-28,30-31,33-34,36-37,39-40,42,46,48,56H,6-7,12-13,18-19,23,26,29,32,35,38,41,43-45,47,49-55H2,1-5H3/b10-8-,11-9-,16-14-,17-15-,22-20-,25-24-,28-27-,31-30-,34-33-,36-21-,39-37-,42-40-,48-46-. The second kappa shape index (κ2) is 47.7. The Morgan fingerprint density at radius 1 is 0.471 bits per heavy atom. The minimum atomic E-state index is -4.67. The van der Waals surface area contributed by atoms with Crippen molar-refractivity contribution in [3.05, 3.63) is 158 Å². The molecular formula is C58H90NO8P. The van der Waals surface area contributed by atoms with Crippen LogP contribution in [0.4, 0.5) is 0 Å². The summed E-state index contributed by atoms with van der Waals surface area (Å²) in [4.78, 5) is 37.6. The zero-order valence-electron chi connectivity index (χ0n) is 42.7. The Labute approximate surface area is 414 Å². The topological polar surface area (TPSA) is 111 Å². The van der Waals surface area contributed by atoms with E-state index in [0.717, 1.165) is 103 Å². The molecule has 0 aliphatic carbocycles. The third-order valence-electron chi connectivity index (χ3n) is 9.58. The van der Waals surface area contributed by atoms with Gasteiger partial charge in [-0.15, -0.1) is 0 Å². The molecule has 68 heavy (non-hydrogen) atoms. The molecule has 0 radical (unpaired) electrons. The highest BCUT2D eigenvalue weighted by Crippen LogP contribution is 2.38. The first-order chi connectivity index (χ1) is 33.0. The Balaban J connectivity index is 4.43. The molecule has 10 heteroatoms. The predicted octanol–water partition coefficient (Wildman–Crippen LogP) is 14.7. The average Bonchev–Trinajstić information content (AvgIpc) is 3.30. The van der Waals surface area contributed by atoms with Gasteiger partial charge in [-0.1, -0.05) is 185 Å². The monoisotopic (exact) mass is 960 g/mol. The number of carbonyl (C=O) groups is 2. The summed E-state index contributed by atoms with van der Waals surface area (Å²) < 4.78 is 33.8. The molecular weight excluding hydrogens is 870 g/mol. The lowest BCUT2D eigenvalue weighted by Gasteiger charge is -2.28. The molecule has 0 aliphatic heterocycles. The van der Waals surface area contributed by atoms with Crippen molar-refractivity contribution in [1.82, 2.24) is 0 Å². The van der Waals surface area contributed by atoms with Crippen molar-refractivity contribution in [2.75, 3.05) is 47.5 Å². The second-order valence-electron chi connectivity index (χ2n) is 17.1. The van der Waals surface area contributed by atoms with E-state index in [9.17, 15) is 19.0 Å². The van der Waals surface area contributed by atoms with E-state index in [1.165, 1.54) is 0 Å². The maximum Gasteiger partial charge on any atom is 0.309 e. The maximum atomic E-state index is 12.7. The fourth-order valence-corrected chi connectivity index (χ4v) is 6.47. The van der Waals surface area contributed by atoms with Gasteiger partial charge in [-0.05, 0) is 103 Å². The lowest BCUT2D eigenvalue weighted by atomic mass is 10.1. The van der Waals surface area contributed by atoms with Gasteiger partial charge in [0.15, 0.2) is 6.10 Å². The average molecular weight is 960 g/mol. The molecule has 2 atom stereocenters. The van der Waals surface area contributed by atoms with Crippen LogP contribution in [0.15, 0.2) is 158 Å². The van der Waals surface area contributed by atoms with Crippen LogP contribution in [0, 0.1) is 0 Å². The van der Waals surface area contributed by atoms with Crippen LogP contribution in [0.25, 0.3) is 0 Å². The van der Waals surface area contributed by atoms with Crippen LogP contribution in [0.3, 0.4) is 0 Å². The van der Waals surface area contributed by atoms with Crippen molar-refractivity contribution >= 4 is 19.8 Å². The number of rotatable bonds is 43. The minimum absolute atomic E-state index is 0.0280. The smallest absolute Gasteiger partial charge is 0.309 e. The normalized spacial score (nSPS) is 14.7. The fourth-order valence-electron chi connectivity index (χ4n) is 5.74. The number of quaternary nitrogens is 1. The fraction of sp³-hybridized carbons (Fsp3) is 0.517. The number of allylic oxidation sites excluding steroid dienone is 25.